The molecule has 1 aliphatic heterocycles. The van der Waals surface area contributed by atoms with Crippen LogP contribution in [0.5, 0.6) is 5.75 Å². The number of ether oxygens (including phenoxy) is 1. The lowest BCUT2D eigenvalue weighted by atomic mass is 9.85. The number of imide groups is 1. The first-order chi connectivity index (χ1) is 14.4. The number of nitrogens with zero attached hydrogens (tertiary/aromatic N) is 2. The van der Waals surface area contributed by atoms with Gasteiger partial charge in [-0.25, -0.2) is 4.98 Å². The predicted molar refractivity (Wildman–Crippen MR) is 114 cm³/mol. The molecule has 1 aromatic heterocycles. The van der Waals surface area contributed by atoms with Crippen LogP contribution >= 0.6 is 11.3 Å². The molecule has 0 bridgehead atoms. The van der Waals surface area contributed by atoms with Crippen molar-refractivity contribution >= 4 is 34.2 Å². The zero-order valence-corrected chi connectivity index (χ0v) is 17.9. The summed E-state index contributed by atoms with van der Waals surface area (Å²) in [5, 5.41) is 4.99. The number of nitrogens with one attached hydrogen (secondary N) is 1. The largest absolute Gasteiger partial charge is 0.496 e. The van der Waals surface area contributed by atoms with Crippen LogP contribution in [0.15, 0.2) is 35.7 Å². The van der Waals surface area contributed by atoms with Crippen molar-refractivity contribution in [3.05, 3.63) is 41.3 Å². The van der Waals surface area contributed by atoms with E-state index in [1.54, 1.807) is 14.0 Å². The number of thiazole rings is 1. The highest BCUT2D eigenvalue weighted by Crippen LogP contribution is 2.37. The summed E-state index contributed by atoms with van der Waals surface area (Å²) < 4.78 is 5.41. The molecule has 0 radical (unpaired) electrons. The van der Waals surface area contributed by atoms with Crippen LogP contribution in [0.25, 0.3) is 11.3 Å². The fraction of sp³-hybridized carbons (Fsp3) is 0.364. The molecule has 3 amide bonds. The summed E-state index contributed by atoms with van der Waals surface area (Å²) in [6, 6.07) is 4.91. The van der Waals surface area contributed by atoms with E-state index in [0.29, 0.717) is 29.4 Å². The van der Waals surface area contributed by atoms with Crippen LogP contribution in [0.2, 0.25) is 0 Å². The minimum atomic E-state index is -0.892. The van der Waals surface area contributed by atoms with E-state index in [9.17, 15) is 14.4 Å². The summed E-state index contributed by atoms with van der Waals surface area (Å²) in [7, 11) is 1.60. The summed E-state index contributed by atoms with van der Waals surface area (Å²) in [6.45, 7) is 3.56. The Labute approximate surface area is 178 Å². The first-order valence-corrected chi connectivity index (χ1v) is 10.7. The summed E-state index contributed by atoms with van der Waals surface area (Å²) >= 11 is 1.28. The van der Waals surface area contributed by atoms with Crippen LogP contribution in [0.1, 0.15) is 25.3 Å². The van der Waals surface area contributed by atoms with Crippen molar-refractivity contribution in [2.24, 2.45) is 11.8 Å². The van der Waals surface area contributed by atoms with Crippen LogP contribution in [0.3, 0.4) is 0 Å². The molecular formula is C22H23N3O4S. The lowest BCUT2D eigenvalue weighted by molar-refractivity contribution is -0.146. The lowest BCUT2D eigenvalue weighted by Crippen LogP contribution is -2.46. The molecule has 1 aromatic carbocycles. The number of hydrogen-bond donors (Lipinski definition) is 1. The standard InChI is InChI=1S/C22H23N3O4S/c1-12-8-9-18(29-3)16(10-12)17-11-30-22(23-17)24-19(26)13(2)25-20(27)14-6-4-5-7-15(14)21(25)28/h4-5,8-11,13-15H,6-7H2,1-3H3,(H,23,24,26)/t13-,14?,15?/m0/s1. The average Bonchev–Trinajstić information content (AvgIpc) is 3.30. The van der Waals surface area contributed by atoms with E-state index in [-0.39, 0.29) is 23.7 Å². The molecule has 4 rings (SSSR count). The number of methoxy groups -OCH3 is 1. The van der Waals surface area contributed by atoms with Gasteiger partial charge in [0.05, 0.1) is 24.6 Å². The number of fused-ring (bicyclic) bond motifs is 1. The number of aromatic nitrogens is 1. The molecule has 1 saturated heterocycles. The fourth-order valence-corrected chi connectivity index (χ4v) is 4.73. The molecule has 156 valence electrons. The maximum Gasteiger partial charge on any atom is 0.249 e. The molecule has 2 aromatic rings. The molecule has 2 aliphatic rings. The van der Waals surface area contributed by atoms with Crippen LogP contribution in [-0.2, 0) is 14.4 Å². The van der Waals surface area contributed by atoms with Gasteiger partial charge in [-0.3, -0.25) is 19.3 Å². The second-order valence-corrected chi connectivity index (χ2v) is 8.47. The van der Waals surface area contributed by atoms with Crippen molar-refractivity contribution in [1.82, 2.24) is 9.88 Å². The van der Waals surface area contributed by atoms with E-state index in [1.165, 1.54) is 11.3 Å². The van der Waals surface area contributed by atoms with E-state index in [1.807, 2.05) is 42.7 Å². The zero-order valence-electron chi connectivity index (χ0n) is 17.0. The van der Waals surface area contributed by atoms with Crippen LogP contribution in [0, 0.1) is 18.8 Å². The Hall–Kier alpha value is -3.00. The average molecular weight is 426 g/mol. The van der Waals surface area contributed by atoms with Gasteiger partial charge in [0.25, 0.3) is 0 Å². The second-order valence-electron chi connectivity index (χ2n) is 7.61. The Balaban J connectivity index is 1.49. The summed E-state index contributed by atoms with van der Waals surface area (Å²) in [5.74, 6) is -0.958. The maximum absolute atomic E-state index is 12.8. The number of anilines is 1. The van der Waals surface area contributed by atoms with E-state index < -0.39 is 11.9 Å². The van der Waals surface area contributed by atoms with Gasteiger partial charge in [-0.05, 0) is 38.8 Å². The third kappa shape index (κ3) is 3.52. The van der Waals surface area contributed by atoms with E-state index in [0.717, 1.165) is 16.0 Å². The highest BCUT2D eigenvalue weighted by Gasteiger charge is 2.50. The number of benzene rings is 1. The fourth-order valence-electron chi connectivity index (χ4n) is 4.01. The number of aryl methyl sites for hydroxylation is 1. The minimum Gasteiger partial charge on any atom is -0.496 e. The molecule has 0 spiro atoms. The van der Waals surface area contributed by atoms with Gasteiger partial charge in [0, 0.05) is 10.9 Å². The molecule has 8 heteroatoms. The molecular weight excluding hydrogens is 402 g/mol. The highest BCUT2D eigenvalue weighted by molar-refractivity contribution is 7.14. The van der Waals surface area contributed by atoms with E-state index >= 15 is 0 Å². The maximum atomic E-state index is 12.8. The summed E-state index contributed by atoms with van der Waals surface area (Å²) in [4.78, 5) is 43.8. The highest BCUT2D eigenvalue weighted by atomic mass is 32.1. The van der Waals surface area contributed by atoms with Gasteiger partial charge in [0.2, 0.25) is 17.7 Å². The number of likely N-dealkylation sites (tertiary alicyclic amines) is 1. The molecule has 7 nitrogen and oxygen atoms in total. The van der Waals surface area contributed by atoms with Crippen molar-refractivity contribution in [3.8, 4) is 17.0 Å². The normalized spacial score (nSPS) is 21.5. The van der Waals surface area contributed by atoms with Gasteiger partial charge >= 0.3 is 0 Å². The minimum absolute atomic E-state index is 0.263. The molecule has 3 atom stereocenters. The zero-order chi connectivity index (χ0) is 21.4. The third-order valence-electron chi connectivity index (χ3n) is 5.67. The topological polar surface area (TPSA) is 88.6 Å². The Morgan fingerprint density at radius 1 is 1.23 bits per heavy atom. The third-order valence-corrected chi connectivity index (χ3v) is 6.43. The van der Waals surface area contributed by atoms with Crippen molar-refractivity contribution in [3.63, 3.8) is 0 Å². The van der Waals surface area contributed by atoms with Crippen molar-refractivity contribution < 1.29 is 19.1 Å². The molecule has 1 fully saturated rings. The van der Waals surface area contributed by atoms with E-state index in [4.69, 9.17) is 4.74 Å². The number of allylic oxidation sites excluding steroid dienone is 2. The van der Waals surface area contributed by atoms with Gasteiger partial charge in [-0.2, -0.15) is 0 Å². The van der Waals surface area contributed by atoms with Gasteiger partial charge in [-0.1, -0.05) is 23.8 Å². The Morgan fingerprint density at radius 3 is 2.53 bits per heavy atom. The van der Waals surface area contributed by atoms with Crippen LogP contribution < -0.4 is 10.1 Å². The number of carbonyl (C=O) groups excluding carboxylic acids is 3. The molecule has 0 saturated carbocycles. The summed E-state index contributed by atoms with van der Waals surface area (Å²) in [5.41, 5.74) is 2.60. The number of hydrogen-bond acceptors (Lipinski definition) is 6. The molecule has 1 N–H and O–H groups in total. The first-order valence-electron chi connectivity index (χ1n) is 9.84. The number of carbonyl (C=O) groups is 3. The lowest BCUT2D eigenvalue weighted by Gasteiger charge is -2.21. The van der Waals surface area contributed by atoms with Crippen molar-refractivity contribution in [2.75, 3.05) is 12.4 Å². The Bertz CT molecular complexity index is 1020. The molecule has 2 unspecified atom stereocenters. The van der Waals surface area contributed by atoms with Gasteiger partial charge < -0.3 is 10.1 Å². The summed E-state index contributed by atoms with van der Waals surface area (Å²) in [6.07, 6.45) is 4.96. The van der Waals surface area contributed by atoms with Crippen LogP contribution in [-0.4, -0.2) is 40.8 Å². The van der Waals surface area contributed by atoms with Crippen molar-refractivity contribution in [2.45, 2.75) is 32.7 Å². The SMILES string of the molecule is COc1ccc(C)cc1-c1csc(NC(=O)[C@H](C)N2C(=O)C3CC=CCC3C2=O)n1. The van der Waals surface area contributed by atoms with Gasteiger partial charge in [0.15, 0.2) is 5.13 Å². The van der Waals surface area contributed by atoms with Gasteiger partial charge in [-0.15, -0.1) is 11.3 Å². The molecule has 2 heterocycles. The number of amides is 3. The Kier molecular flexibility index (Phi) is 5.42. The first kappa shape index (κ1) is 20.3. The van der Waals surface area contributed by atoms with E-state index in [2.05, 4.69) is 10.3 Å². The number of rotatable bonds is 5. The van der Waals surface area contributed by atoms with Gasteiger partial charge in [0.1, 0.15) is 11.8 Å². The smallest absolute Gasteiger partial charge is 0.249 e. The molecule has 30 heavy (non-hydrogen) atoms. The van der Waals surface area contributed by atoms with Crippen LogP contribution in [0.4, 0.5) is 5.13 Å². The quantitative estimate of drug-likeness (QED) is 0.586. The second kappa shape index (κ2) is 8.02. The van der Waals surface area contributed by atoms with Crippen molar-refractivity contribution in [1.29, 1.82) is 0 Å². The predicted octanol–water partition coefficient (Wildman–Crippen LogP) is 3.41. The monoisotopic (exact) mass is 425 g/mol. The molecule has 1 aliphatic carbocycles. The Morgan fingerprint density at radius 2 is 1.90 bits per heavy atom.